The molecule has 0 fully saturated rings. The summed E-state index contributed by atoms with van der Waals surface area (Å²) in [5.74, 6) is -0.344. The maximum atomic E-state index is 11.6. The van der Waals surface area contributed by atoms with Crippen LogP contribution in [0.15, 0.2) is 24.3 Å². The van der Waals surface area contributed by atoms with Crippen molar-refractivity contribution in [3.8, 4) is 0 Å². The molecule has 122 valence electrons. The molecule has 0 atom stereocenters. The number of hydrogen-bond donors (Lipinski definition) is 1. The molecule has 22 heavy (non-hydrogen) atoms. The summed E-state index contributed by atoms with van der Waals surface area (Å²) in [4.78, 5) is 13.8. The highest BCUT2D eigenvalue weighted by molar-refractivity contribution is 7.80. The zero-order chi connectivity index (χ0) is 16.4. The second-order valence-electron chi connectivity index (χ2n) is 5.20. The Bertz CT molecular complexity index is 483. The summed E-state index contributed by atoms with van der Waals surface area (Å²) in [6.45, 7) is 6.26. The predicted octanol–water partition coefficient (Wildman–Crippen LogP) is 4.07. The molecule has 0 heterocycles. The molecule has 0 saturated carbocycles. The Labute approximate surface area is 138 Å². The zero-order valence-electron chi connectivity index (χ0n) is 13.7. The van der Waals surface area contributed by atoms with E-state index in [1.165, 1.54) is 7.11 Å². The van der Waals surface area contributed by atoms with Crippen molar-refractivity contribution in [3.05, 3.63) is 29.8 Å². The van der Waals surface area contributed by atoms with E-state index in [1.807, 2.05) is 12.1 Å². The Hall–Kier alpha value is -1.62. The molecule has 1 aromatic carbocycles. The van der Waals surface area contributed by atoms with Gasteiger partial charge in [-0.15, -0.1) is 0 Å². The van der Waals surface area contributed by atoms with Gasteiger partial charge in [0.2, 0.25) is 0 Å². The molecule has 0 unspecified atom stereocenters. The van der Waals surface area contributed by atoms with Crippen LogP contribution in [0.3, 0.4) is 0 Å². The molecule has 0 aliphatic rings. The molecule has 0 amide bonds. The molecule has 0 aliphatic heterocycles. The van der Waals surface area contributed by atoms with E-state index < -0.39 is 0 Å². The zero-order valence-corrected chi connectivity index (χ0v) is 14.5. The van der Waals surface area contributed by atoms with Gasteiger partial charge < -0.3 is 15.0 Å². The van der Waals surface area contributed by atoms with Crippen molar-refractivity contribution in [2.45, 2.75) is 39.5 Å². The van der Waals surface area contributed by atoms with Crippen molar-refractivity contribution in [1.29, 1.82) is 0 Å². The summed E-state index contributed by atoms with van der Waals surface area (Å²) in [6, 6.07) is 7.21. The second-order valence-corrected chi connectivity index (χ2v) is 5.58. The molecule has 1 aromatic rings. The molecule has 4 nitrogen and oxygen atoms in total. The normalized spacial score (nSPS) is 10.1. The lowest BCUT2D eigenvalue weighted by Gasteiger charge is -2.25. The molecule has 0 radical (unpaired) electrons. The quantitative estimate of drug-likeness (QED) is 0.577. The van der Waals surface area contributed by atoms with Gasteiger partial charge in [0.15, 0.2) is 5.11 Å². The van der Waals surface area contributed by atoms with E-state index in [4.69, 9.17) is 17.0 Å². The van der Waals surface area contributed by atoms with Crippen LogP contribution in [0.1, 0.15) is 49.9 Å². The molecule has 0 saturated heterocycles. The minimum Gasteiger partial charge on any atom is -0.465 e. The van der Waals surface area contributed by atoms with Crippen LogP contribution in [-0.4, -0.2) is 36.2 Å². The SMILES string of the molecule is CCCCN(CCCC)C(=S)Nc1cccc(C(=O)OC)c1. The maximum absolute atomic E-state index is 11.6. The van der Waals surface area contributed by atoms with E-state index >= 15 is 0 Å². The first-order valence-electron chi connectivity index (χ1n) is 7.86. The molecule has 0 aromatic heterocycles. The Balaban J connectivity index is 2.73. The number of unbranched alkanes of at least 4 members (excludes halogenated alkanes) is 2. The summed E-state index contributed by atoms with van der Waals surface area (Å²) < 4.78 is 4.74. The lowest BCUT2D eigenvalue weighted by molar-refractivity contribution is 0.0601. The minimum absolute atomic E-state index is 0.344. The van der Waals surface area contributed by atoms with E-state index in [0.717, 1.165) is 44.5 Å². The fraction of sp³-hybridized carbons (Fsp3) is 0.529. The number of nitrogens with zero attached hydrogens (tertiary/aromatic N) is 1. The van der Waals surface area contributed by atoms with Crippen LogP contribution in [-0.2, 0) is 4.74 Å². The predicted molar refractivity (Wildman–Crippen MR) is 95.4 cm³/mol. The number of benzene rings is 1. The number of anilines is 1. The molecule has 0 aliphatic carbocycles. The number of carbonyl (C=O) groups is 1. The van der Waals surface area contributed by atoms with Crippen LogP contribution in [0.2, 0.25) is 0 Å². The standard InChI is InChI=1S/C17H26N2O2S/c1-4-6-11-19(12-7-5-2)17(22)18-15-10-8-9-14(13-15)16(20)21-3/h8-10,13H,4-7,11-12H2,1-3H3,(H,18,22). The first-order chi connectivity index (χ1) is 10.6. The van der Waals surface area contributed by atoms with E-state index in [9.17, 15) is 4.79 Å². The maximum Gasteiger partial charge on any atom is 0.337 e. The highest BCUT2D eigenvalue weighted by Crippen LogP contribution is 2.13. The molecular formula is C17H26N2O2S. The number of esters is 1. The fourth-order valence-corrected chi connectivity index (χ4v) is 2.36. The van der Waals surface area contributed by atoms with Crippen LogP contribution >= 0.6 is 12.2 Å². The lowest BCUT2D eigenvalue weighted by atomic mass is 10.2. The van der Waals surface area contributed by atoms with E-state index in [0.29, 0.717) is 10.7 Å². The molecule has 0 bridgehead atoms. The lowest BCUT2D eigenvalue weighted by Crippen LogP contribution is -2.36. The number of rotatable bonds is 8. The van der Waals surface area contributed by atoms with Crippen LogP contribution in [0, 0.1) is 0 Å². The van der Waals surface area contributed by atoms with Gasteiger partial charge in [0.05, 0.1) is 12.7 Å². The minimum atomic E-state index is -0.344. The van der Waals surface area contributed by atoms with E-state index in [2.05, 4.69) is 24.1 Å². The molecule has 0 spiro atoms. The largest absolute Gasteiger partial charge is 0.465 e. The van der Waals surface area contributed by atoms with Crippen molar-refractivity contribution in [2.24, 2.45) is 0 Å². The molecule has 1 N–H and O–H groups in total. The average Bonchev–Trinajstić information content (AvgIpc) is 2.54. The number of ether oxygens (including phenoxy) is 1. The second kappa shape index (κ2) is 10.2. The number of hydrogen-bond acceptors (Lipinski definition) is 3. The number of methoxy groups -OCH3 is 1. The number of thiocarbonyl (C=S) groups is 1. The highest BCUT2D eigenvalue weighted by atomic mass is 32.1. The molecule has 5 heteroatoms. The van der Waals surface area contributed by atoms with Crippen LogP contribution in [0.25, 0.3) is 0 Å². The van der Waals surface area contributed by atoms with Crippen molar-refractivity contribution < 1.29 is 9.53 Å². The van der Waals surface area contributed by atoms with Crippen molar-refractivity contribution in [1.82, 2.24) is 4.90 Å². The first-order valence-corrected chi connectivity index (χ1v) is 8.27. The van der Waals surface area contributed by atoms with Crippen molar-refractivity contribution >= 4 is 29.0 Å². The number of nitrogens with one attached hydrogen (secondary N) is 1. The Morgan fingerprint density at radius 2 is 1.86 bits per heavy atom. The third kappa shape index (κ3) is 6.02. The summed E-state index contributed by atoms with van der Waals surface area (Å²) in [5.41, 5.74) is 1.33. The van der Waals surface area contributed by atoms with Gasteiger partial charge in [0.25, 0.3) is 0 Å². The average molecular weight is 322 g/mol. The monoisotopic (exact) mass is 322 g/mol. The van der Waals surface area contributed by atoms with Gasteiger partial charge in [-0.3, -0.25) is 0 Å². The molecular weight excluding hydrogens is 296 g/mol. The number of carbonyl (C=O) groups excluding carboxylic acids is 1. The Morgan fingerprint density at radius 3 is 2.41 bits per heavy atom. The topological polar surface area (TPSA) is 41.6 Å². The van der Waals surface area contributed by atoms with Crippen LogP contribution in [0.5, 0.6) is 0 Å². The van der Waals surface area contributed by atoms with E-state index in [1.54, 1.807) is 12.1 Å². The third-order valence-electron chi connectivity index (χ3n) is 3.39. The molecule has 1 rings (SSSR count). The fourth-order valence-electron chi connectivity index (χ4n) is 2.06. The van der Waals surface area contributed by atoms with Gasteiger partial charge in [-0.25, -0.2) is 4.79 Å². The van der Waals surface area contributed by atoms with Crippen molar-refractivity contribution in [3.63, 3.8) is 0 Å². The van der Waals surface area contributed by atoms with Crippen LogP contribution < -0.4 is 5.32 Å². The van der Waals surface area contributed by atoms with Crippen molar-refractivity contribution in [2.75, 3.05) is 25.5 Å². The van der Waals surface area contributed by atoms with Gasteiger partial charge >= 0.3 is 5.97 Å². The van der Waals surface area contributed by atoms with Gasteiger partial charge in [-0.1, -0.05) is 32.8 Å². The smallest absolute Gasteiger partial charge is 0.337 e. The summed E-state index contributed by atoms with van der Waals surface area (Å²) in [5, 5.41) is 3.94. The van der Waals surface area contributed by atoms with E-state index in [-0.39, 0.29) is 5.97 Å². The summed E-state index contributed by atoms with van der Waals surface area (Å²) >= 11 is 5.52. The first kappa shape index (κ1) is 18.4. The summed E-state index contributed by atoms with van der Waals surface area (Å²) in [7, 11) is 1.38. The van der Waals surface area contributed by atoms with Crippen LogP contribution in [0.4, 0.5) is 5.69 Å². The Kier molecular flexibility index (Phi) is 8.51. The highest BCUT2D eigenvalue weighted by Gasteiger charge is 2.10. The Morgan fingerprint density at radius 1 is 1.23 bits per heavy atom. The van der Waals surface area contributed by atoms with Gasteiger partial charge in [-0.05, 0) is 43.3 Å². The summed E-state index contributed by atoms with van der Waals surface area (Å²) in [6.07, 6.45) is 4.52. The third-order valence-corrected chi connectivity index (χ3v) is 3.75. The van der Waals surface area contributed by atoms with Gasteiger partial charge in [0, 0.05) is 18.8 Å². The van der Waals surface area contributed by atoms with Gasteiger partial charge in [-0.2, -0.15) is 0 Å². The van der Waals surface area contributed by atoms with Gasteiger partial charge in [0.1, 0.15) is 0 Å².